The summed E-state index contributed by atoms with van der Waals surface area (Å²) in [5, 5.41) is 6.52. The summed E-state index contributed by atoms with van der Waals surface area (Å²) in [6.07, 6.45) is 10.6. The van der Waals surface area contributed by atoms with Crippen LogP contribution in [-0.2, 0) is 0 Å². The molecule has 1 aromatic heterocycles. The number of halogens is 1. The van der Waals surface area contributed by atoms with Gasteiger partial charge in [0.1, 0.15) is 23.3 Å². The van der Waals surface area contributed by atoms with Crippen molar-refractivity contribution in [1.29, 1.82) is 0 Å². The van der Waals surface area contributed by atoms with Crippen LogP contribution in [0.5, 0.6) is 0 Å². The van der Waals surface area contributed by atoms with E-state index in [0.29, 0.717) is 17.3 Å². The van der Waals surface area contributed by atoms with Crippen LogP contribution in [0.15, 0.2) is 59.4 Å². The summed E-state index contributed by atoms with van der Waals surface area (Å²) in [4.78, 5) is 16.1. The average molecular weight is 423 g/mol. The minimum atomic E-state index is -0.291. The smallest absolute Gasteiger partial charge is 0.137 e. The topological polar surface area (TPSA) is 65.4 Å². The zero-order valence-corrected chi connectivity index (χ0v) is 18.5. The largest absolute Gasteiger partial charge is 0.342 e. The number of aromatic nitrogens is 2. The van der Waals surface area contributed by atoms with E-state index < -0.39 is 0 Å². The molecule has 0 aliphatic carbocycles. The summed E-state index contributed by atoms with van der Waals surface area (Å²) in [7, 11) is 2.12. The van der Waals surface area contributed by atoms with Crippen LogP contribution in [0.1, 0.15) is 44.9 Å². The Labute approximate surface area is 184 Å². The zero-order valence-electron chi connectivity index (χ0n) is 18.5. The monoisotopic (exact) mass is 422 g/mol. The van der Waals surface area contributed by atoms with Gasteiger partial charge in [0.15, 0.2) is 0 Å². The Balaban J connectivity index is 1.84. The van der Waals surface area contributed by atoms with Crippen molar-refractivity contribution in [3.63, 3.8) is 0 Å². The van der Waals surface area contributed by atoms with Gasteiger partial charge in [-0.15, -0.1) is 0 Å². The number of piperidine rings is 1. The van der Waals surface area contributed by atoms with Crippen LogP contribution in [0.3, 0.4) is 0 Å². The van der Waals surface area contributed by atoms with E-state index in [4.69, 9.17) is 9.97 Å². The quantitative estimate of drug-likeness (QED) is 0.552. The number of allylic oxidation sites excluding steroid dienone is 3. The highest BCUT2D eigenvalue weighted by Gasteiger charge is 2.22. The van der Waals surface area contributed by atoms with Gasteiger partial charge in [-0.1, -0.05) is 19.1 Å². The number of aliphatic imine (C=N–C) groups is 1. The average Bonchev–Trinajstić information content (AvgIpc) is 2.73. The molecule has 2 N–H and O–H groups in total. The van der Waals surface area contributed by atoms with Crippen LogP contribution in [0, 0.1) is 5.82 Å². The van der Waals surface area contributed by atoms with Gasteiger partial charge in [0, 0.05) is 42.3 Å². The highest BCUT2D eigenvalue weighted by atomic mass is 19.1. The van der Waals surface area contributed by atoms with Gasteiger partial charge >= 0.3 is 0 Å². The summed E-state index contributed by atoms with van der Waals surface area (Å²) < 4.78 is 13.6. The summed E-state index contributed by atoms with van der Waals surface area (Å²) in [6, 6.07) is 8.20. The molecule has 1 fully saturated rings. The first-order valence-corrected chi connectivity index (χ1v) is 10.8. The first-order valence-electron chi connectivity index (χ1n) is 10.8. The Morgan fingerprint density at radius 3 is 2.90 bits per heavy atom. The van der Waals surface area contributed by atoms with E-state index in [9.17, 15) is 4.39 Å². The third-order valence-electron chi connectivity index (χ3n) is 4.97. The molecule has 2 aromatic rings. The van der Waals surface area contributed by atoms with Crippen molar-refractivity contribution in [2.24, 2.45) is 4.99 Å². The maximum atomic E-state index is 13.6. The van der Waals surface area contributed by atoms with Gasteiger partial charge in [-0.25, -0.2) is 14.4 Å². The molecule has 1 unspecified atom stereocenters. The molecule has 3 rings (SSSR count). The van der Waals surface area contributed by atoms with Crippen LogP contribution in [0.25, 0.3) is 0 Å². The van der Waals surface area contributed by atoms with Crippen LogP contribution in [-0.4, -0.2) is 41.2 Å². The second-order valence-corrected chi connectivity index (χ2v) is 7.81. The van der Waals surface area contributed by atoms with E-state index in [1.54, 1.807) is 18.5 Å². The van der Waals surface area contributed by atoms with Crippen LogP contribution >= 0.6 is 0 Å². The lowest BCUT2D eigenvalue weighted by atomic mass is 9.97. The molecular weight excluding hydrogens is 391 g/mol. The second-order valence-electron chi connectivity index (χ2n) is 7.81. The number of likely N-dealkylation sites (tertiary alicyclic amines) is 1. The van der Waals surface area contributed by atoms with E-state index in [-0.39, 0.29) is 11.7 Å². The Bertz CT molecular complexity index is 953. The van der Waals surface area contributed by atoms with Gasteiger partial charge in [0.2, 0.25) is 0 Å². The fourth-order valence-corrected chi connectivity index (χ4v) is 3.50. The van der Waals surface area contributed by atoms with Crippen LogP contribution < -0.4 is 10.6 Å². The van der Waals surface area contributed by atoms with Crippen LogP contribution in [0.4, 0.5) is 21.7 Å². The lowest BCUT2D eigenvalue weighted by Crippen LogP contribution is -2.31. The first kappa shape index (κ1) is 22.6. The number of nitrogens with one attached hydrogen (secondary N) is 2. The Kier molecular flexibility index (Phi) is 8.29. The predicted molar refractivity (Wildman–Crippen MR) is 126 cm³/mol. The molecule has 0 radical (unpaired) electrons. The summed E-state index contributed by atoms with van der Waals surface area (Å²) in [6.45, 7) is 6.04. The number of likely N-dealkylation sites (N-methyl/N-ethyl adjacent to an activating group) is 1. The number of anilines is 3. The van der Waals surface area contributed by atoms with E-state index in [1.807, 2.05) is 31.2 Å². The zero-order chi connectivity index (χ0) is 22.1. The highest BCUT2D eigenvalue weighted by Crippen LogP contribution is 2.27. The molecule has 1 aliphatic rings. The minimum Gasteiger partial charge on any atom is -0.342 e. The molecule has 1 saturated heterocycles. The van der Waals surface area contributed by atoms with E-state index >= 15 is 0 Å². The van der Waals surface area contributed by atoms with Gasteiger partial charge < -0.3 is 15.5 Å². The van der Waals surface area contributed by atoms with Gasteiger partial charge in [-0.2, -0.15) is 0 Å². The van der Waals surface area contributed by atoms with Crippen molar-refractivity contribution < 1.29 is 4.39 Å². The Hall–Kier alpha value is -3.06. The van der Waals surface area contributed by atoms with Crippen molar-refractivity contribution in [3.8, 4) is 0 Å². The Morgan fingerprint density at radius 1 is 1.29 bits per heavy atom. The molecule has 7 heteroatoms. The van der Waals surface area contributed by atoms with E-state index in [1.165, 1.54) is 12.1 Å². The third kappa shape index (κ3) is 7.29. The fraction of sp³-hybridized carbons (Fsp3) is 0.375. The maximum absolute atomic E-state index is 13.6. The second kappa shape index (κ2) is 11.4. The molecular formula is C24H31FN6. The van der Waals surface area contributed by atoms with Gasteiger partial charge in [-0.05, 0) is 64.1 Å². The number of hydrogen-bond acceptors (Lipinski definition) is 6. The molecule has 1 aromatic carbocycles. The third-order valence-corrected chi connectivity index (χ3v) is 4.97. The molecule has 0 bridgehead atoms. The van der Waals surface area contributed by atoms with Crippen molar-refractivity contribution in [2.75, 3.05) is 30.8 Å². The molecule has 6 nitrogen and oxygen atoms in total. The fourth-order valence-electron chi connectivity index (χ4n) is 3.50. The highest BCUT2D eigenvalue weighted by molar-refractivity contribution is 5.71. The summed E-state index contributed by atoms with van der Waals surface area (Å²) in [5.41, 5.74) is 1.51. The van der Waals surface area contributed by atoms with Crippen LogP contribution in [0.2, 0.25) is 0 Å². The molecule has 31 heavy (non-hydrogen) atoms. The molecule has 2 heterocycles. The van der Waals surface area contributed by atoms with Crippen molar-refractivity contribution in [2.45, 2.75) is 39.0 Å². The predicted octanol–water partition coefficient (Wildman–Crippen LogP) is 5.48. The molecule has 0 spiro atoms. The van der Waals surface area contributed by atoms with Gasteiger partial charge in [0.25, 0.3) is 0 Å². The summed E-state index contributed by atoms with van der Waals surface area (Å²) in [5.74, 6) is 2.08. The van der Waals surface area contributed by atoms with E-state index in [2.05, 4.69) is 34.5 Å². The van der Waals surface area contributed by atoms with Crippen molar-refractivity contribution in [1.82, 2.24) is 14.9 Å². The van der Waals surface area contributed by atoms with Gasteiger partial charge in [-0.3, -0.25) is 4.99 Å². The normalized spacial score (nSPS) is 18.1. The number of rotatable bonds is 8. The maximum Gasteiger partial charge on any atom is 0.137 e. The lowest BCUT2D eigenvalue weighted by Gasteiger charge is -2.29. The first-order chi connectivity index (χ1) is 15.0. The molecule has 1 atom stereocenters. The van der Waals surface area contributed by atoms with Crippen molar-refractivity contribution >= 4 is 23.5 Å². The summed E-state index contributed by atoms with van der Waals surface area (Å²) >= 11 is 0. The number of nitrogens with zero attached hydrogens (tertiary/aromatic N) is 4. The molecule has 0 saturated carbocycles. The minimum absolute atomic E-state index is 0.259. The lowest BCUT2D eigenvalue weighted by molar-refractivity contribution is 0.246. The molecule has 164 valence electrons. The van der Waals surface area contributed by atoms with Crippen molar-refractivity contribution in [3.05, 3.63) is 66.0 Å². The van der Waals surface area contributed by atoms with E-state index in [0.717, 1.165) is 43.9 Å². The number of hydrogen-bond donors (Lipinski definition) is 2. The SMILES string of the molecule is CC/C=C/C=N/C=C(\C)Nc1cc(Nc2cccc(F)c2)nc(C2CCCN(C)C2)n1. The van der Waals surface area contributed by atoms with Gasteiger partial charge in [0.05, 0.1) is 0 Å². The Morgan fingerprint density at radius 2 is 2.13 bits per heavy atom. The molecule has 1 aliphatic heterocycles. The molecule has 0 amide bonds. The number of benzene rings is 1. The standard InChI is InChI=1S/C24H31FN6/c1-4-5-6-12-26-16-18(2)27-22-15-23(28-21-11-7-10-20(25)14-21)30-24(29-22)19-9-8-13-31(3)17-19/h5-7,10-12,14-16,19H,4,8-9,13,17H2,1-3H3,(H2,27,28,29,30)/b6-5+,18-16+,26-12+.